The first kappa shape index (κ1) is 7.47. The molecule has 0 fully saturated rings. The summed E-state index contributed by atoms with van der Waals surface area (Å²) >= 11 is 3.15. The lowest BCUT2D eigenvalue weighted by Gasteiger charge is -1.95. The summed E-state index contributed by atoms with van der Waals surface area (Å²) in [5, 5.41) is 0. The minimum absolute atomic E-state index is 0.600. The first-order valence-corrected chi connectivity index (χ1v) is 3.74. The lowest BCUT2D eigenvalue weighted by atomic mass is 10.5. The molecule has 0 aromatic carbocycles. The highest BCUT2D eigenvalue weighted by atomic mass is 79.9. The molecule has 1 aromatic heterocycles. The van der Waals surface area contributed by atoms with Gasteiger partial charge in [0.1, 0.15) is 10.3 Å². The number of carbonyl (C=O) groups is 1. The molecule has 0 saturated heterocycles. The van der Waals surface area contributed by atoms with Crippen LogP contribution < -0.4 is 0 Å². The van der Waals surface area contributed by atoms with Crippen molar-refractivity contribution in [3.8, 4) is 0 Å². The number of aryl methyl sites for hydroxylation is 1. The second-order valence-corrected chi connectivity index (χ2v) is 2.58. The maximum absolute atomic E-state index is 10.4. The van der Waals surface area contributed by atoms with E-state index < -0.39 is 0 Å². The summed E-state index contributed by atoms with van der Waals surface area (Å²) in [6, 6.07) is 0. The third kappa shape index (κ3) is 1.11. The van der Waals surface area contributed by atoms with Crippen LogP contribution in [0.25, 0.3) is 0 Å². The van der Waals surface area contributed by atoms with Gasteiger partial charge in [-0.3, -0.25) is 4.79 Å². The fraction of sp³-hybridized carbons (Fsp3) is 0.333. The van der Waals surface area contributed by atoms with Crippen molar-refractivity contribution in [2.45, 2.75) is 13.5 Å². The summed E-state index contributed by atoms with van der Waals surface area (Å²) in [6.45, 7) is 2.73. The van der Waals surface area contributed by atoms with Crippen LogP contribution in [0.3, 0.4) is 0 Å². The maximum atomic E-state index is 10.4. The molecule has 0 aliphatic heterocycles. The Hall–Kier alpha value is -0.640. The number of hydrogen-bond donors (Lipinski definition) is 0. The Balaban J connectivity index is 3.12. The van der Waals surface area contributed by atoms with Crippen LogP contribution in [-0.4, -0.2) is 15.8 Å². The SMILES string of the molecule is CCn1cnc(Br)c1C=O. The number of hydrogen-bond acceptors (Lipinski definition) is 2. The molecule has 0 N–H and O–H groups in total. The fourth-order valence-corrected chi connectivity index (χ4v) is 1.15. The zero-order chi connectivity index (χ0) is 7.56. The highest BCUT2D eigenvalue weighted by Gasteiger charge is 2.03. The smallest absolute Gasteiger partial charge is 0.169 e. The molecule has 0 atom stereocenters. The third-order valence-electron chi connectivity index (χ3n) is 1.28. The predicted octanol–water partition coefficient (Wildman–Crippen LogP) is 1.48. The summed E-state index contributed by atoms with van der Waals surface area (Å²) in [7, 11) is 0. The molecule has 4 heteroatoms. The van der Waals surface area contributed by atoms with E-state index in [1.165, 1.54) is 0 Å². The molecular weight excluding hydrogens is 196 g/mol. The number of nitrogens with zero attached hydrogens (tertiary/aromatic N) is 2. The highest BCUT2D eigenvalue weighted by molar-refractivity contribution is 9.10. The Morgan fingerprint density at radius 1 is 1.90 bits per heavy atom. The molecule has 0 spiro atoms. The summed E-state index contributed by atoms with van der Waals surface area (Å²) in [5.41, 5.74) is 0.600. The number of carbonyl (C=O) groups excluding carboxylic acids is 1. The van der Waals surface area contributed by atoms with Crippen molar-refractivity contribution in [2.24, 2.45) is 0 Å². The summed E-state index contributed by atoms with van der Waals surface area (Å²) in [5.74, 6) is 0. The molecule has 1 rings (SSSR count). The standard InChI is InChI=1S/C6H7BrN2O/c1-2-9-4-8-6(7)5(9)3-10/h3-4H,2H2,1H3. The average molecular weight is 203 g/mol. The molecule has 0 amide bonds. The van der Waals surface area contributed by atoms with Gasteiger partial charge in [-0.1, -0.05) is 0 Å². The molecule has 0 aliphatic rings. The molecular formula is C6H7BrN2O. The number of halogens is 1. The van der Waals surface area contributed by atoms with E-state index in [-0.39, 0.29) is 0 Å². The average Bonchev–Trinajstić information content (AvgIpc) is 2.30. The van der Waals surface area contributed by atoms with Crippen molar-refractivity contribution in [1.82, 2.24) is 9.55 Å². The molecule has 0 unspecified atom stereocenters. The Labute approximate surface area is 67.2 Å². The molecule has 1 aromatic rings. The molecule has 0 saturated carbocycles. The molecule has 0 radical (unpaired) electrons. The van der Waals surface area contributed by atoms with E-state index in [0.717, 1.165) is 12.8 Å². The van der Waals surface area contributed by atoms with Crippen LogP contribution in [0.5, 0.6) is 0 Å². The van der Waals surface area contributed by atoms with Crippen LogP contribution in [0.4, 0.5) is 0 Å². The monoisotopic (exact) mass is 202 g/mol. The second kappa shape index (κ2) is 2.96. The number of aromatic nitrogens is 2. The largest absolute Gasteiger partial charge is 0.328 e. The summed E-state index contributed by atoms with van der Waals surface area (Å²) in [4.78, 5) is 14.3. The van der Waals surface area contributed by atoms with E-state index in [2.05, 4.69) is 20.9 Å². The van der Waals surface area contributed by atoms with Gasteiger partial charge < -0.3 is 4.57 Å². The number of aldehydes is 1. The van der Waals surface area contributed by atoms with Gasteiger partial charge >= 0.3 is 0 Å². The first-order valence-electron chi connectivity index (χ1n) is 2.95. The highest BCUT2D eigenvalue weighted by Crippen LogP contribution is 2.11. The zero-order valence-corrected chi connectivity index (χ0v) is 7.13. The van der Waals surface area contributed by atoms with Crippen LogP contribution in [0.2, 0.25) is 0 Å². The van der Waals surface area contributed by atoms with Gasteiger partial charge in [-0.2, -0.15) is 0 Å². The van der Waals surface area contributed by atoms with Crippen molar-refractivity contribution in [2.75, 3.05) is 0 Å². The van der Waals surface area contributed by atoms with Gasteiger partial charge in [0.15, 0.2) is 6.29 Å². The van der Waals surface area contributed by atoms with Crippen molar-refractivity contribution in [3.05, 3.63) is 16.6 Å². The van der Waals surface area contributed by atoms with Crippen LogP contribution in [0.1, 0.15) is 17.4 Å². The summed E-state index contributed by atoms with van der Waals surface area (Å²) in [6.07, 6.45) is 2.42. The molecule has 10 heavy (non-hydrogen) atoms. The van der Waals surface area contributed by atoms with Crippen molar-refractivity contribution < 1.29 is 4.79 Å². The first-order chi connectivity index (χ1) is 4.79. The zero-order valence-electron chi connectivity index (χ0n) is 5.54. The van der Waals surface area contributed by atoms with Crippen molar-refractivity contribution in [3.63, 3.8) is 0 Å². The van der Waals surface area contributed by atoms with E-state index in [1.807, 2.05) is 6.92 Å². The van der Waals surface area contributed by atoms with Gasteiger partial charge in [0.05, 0.1) is 6.33 Å². The molecule has 1 heterocycles. The minimum Gasteiger partial charge on any atom is -0.328 e. The summed E-state index contributed by atoms with van der Waals surface area (Å²) < 4.78 is 2.39. The predicted molar refractivity (Wildman–Crippen MR) is 41.0 cm³/mol. The van der Waals surface area contributed by atoms with Crippen LogP contribution in [-0.2, 0) is 6.54 Å². The van der Waals surface area contributed by atoms with Gasteiger partial charge in [-0.05, 0) is 22.9 Å². The Bertz CT molecular complexity index is 244. The molecule has 0 bridgehead atoms. The molecule has 0 aliphatic carbocycles. The van der Waals surface area contributed by atoms with Crippen LogP contribution >= 0.6 is 15.9 Å². The van der Waals surface area contributed by atoms with Crippen LogP contribution in [0, 0.1) is 0 Å². The number of imidazole rings is 1. The van der Waals surface area contributed by atoms with Gasteiger partial charge in [-0.15, -0.1) is 0 Å². The lowest BCUT2D eigenvalue weighted by molar-refractivity contribution is 0.111. The molecule has 54 valence electrons. The van der Waals surface area contributed by atoms with E-state index in [1.54, 1.807) is 10.9 Å². The van der Waals surface area contributed by atoms with E-state index >= 15 is 0 Å². The van der Waals surface area contributed by atoms with Crippen molar-refractivity contribution in [1.29, 1.82) is 0 Å². The van der Waals surface area contributed by atoms with Gasteiger partial charge in [-0.25, -0.2) is 4.98 Å². The Morgan fingerprint density at radius 2 is 2.60 bits per heavy atom. The number of rotatable bonds is 2. The van der Waals surface area contributed by atoms with E-state index in [4.69, 9.17) is 0 Å². The topological polar surface area (TPSA) is 34.9 Å². The molecule has 3 nitrogen and oxygen atoms in total. The van der Waals surface area contributed by atoms with Gasteiger partial charge in [0.25, 0.3) is 0 Å². The van der Waals surface area contributed by atoms with E-state index in [9.17, 15) is 4.79 Å². The van der Waals surface area contributed by atoms with Crippen molar-refractivity contribution >= 4 is 22.2 Å². The van der Waals surface area contributed by atoms with Gasteiger partial charge in [0.2, 0.25) is 0 Å². The minimum atomic E-state index is 0.600. The quantitative estimate of drug-likeness (QED) is 0.682. The van der Waals surface area contributed by atoms with Gasteiger partial charge in [0, 0.05) is 6.54 Å². The maximum Gasteiger partial charge on any atom is 0.169 e. The second-order valence-electron chi connectivity index (χ2n) is 1.82. The lowest BCUT2D eigenvalue weighted by Crippen LogP contribution is -1.97. The Morgan fingerprint density at radius 3 is 3.00 bits per heavy atom. The van der Waals surface area contributed by atoms with Crippen LogP contribution in [0.15, 0.2) is 10.9 Å². The third-order valence-corrected chi connectivity index (χ3v) is 1.89. The normalized spacial score (nSPS) is 9.80. The Kier molecular flexibility index (Phi) is 2.21. The van der Waals surface area contributed by atoms with E-state index in [0.29, 0.717) is 10.3 Å². The fourth-order valence-electron chi connectivity index (χ4n) is 0.736.